The Bertz CT molecular complexity index is 1550. The maximum absolute atomic E-state index is 13.3. The summed E-state index contributed by atoms with van der Waals surface area (Å²) < 4.78 is 53.8. The molecule has 3 aromatic carbocycles. The minimum Gasteiger partial charge on any atom is -0.262 e. The van der Waals surface area contributed by atoms with Crippen molar-refractivity contribution in [1.82, 2.24) is 7.94 Å². The largest absolute Gasteiger partial charge is 0.332 e. The van der Waals surface area contributed by atoms with Gasteiger partial charge in [-0.2, -0.15) is 7.94 Å². The van der Waals surface area contributed by atoms with Crippen LogP contribution in [-0.4, -0.2) is 24.8 Å². The van der Waals surface area contributed by atoms with Crippen LogP contribution in [0.15, 0.2) is 92.2 Å². The van der Waals surface area contributed by atoms with Crippen LogP contribution in [0.5, 0.6) is 0 Å². The van der Waals surface area contributed by atoms with E-state index >= 15 is 0 Å². The lowest BCUT2D eigenvalue weighted by atomic mass is 10.2. The molecule has 8 nitrogen and oxygen atoms in total. The third-order valence-electron chi connectivity index (χ3n) is 4.99. The van der Waals surface area contributed by atoms with Crippen LogP contribution in [0.4, 0.5) is 0 Å². The zero-order chi connectivity index (χ0) is 23.3. The van der Waals surface area contributed by atoms with Crippen LogP contribution in [0, 0.1) is 13.8 Å². The van der Waals surface area contributed by atoms with Crippen LogP contribution < -0.4 is 11.1 Å². The number of hydrogen-bond acceptors (Lipinski definition) is 6. The van der Waals surface area contributed by atoms with E-state index in [1.165, 1.54) is 48.5 Å². The van der Waals surface area contributed by atoms with Crippen LogP contribution in [-0.2, 0) is 20.0 Å². The fourth-order valence-corrected chi connectivity index (χ4v) is 6.11. The van der Waals surface area contributed by atoms with E-state index in [9.17, 15) is 26.4 Å². The monoisotopic (exact) mass is 470 g/mol. The summed E-state index contributed by atoms with van der Waals surface area (Å²) in [6.07, 6.45) is 0. The highest BCUT2D eigenvalue weighted by Gasteiger charge is 2.29. The molecule has 164 valence electrons. The van der Waals surface area contributed by atoms with Gasteiger partial charge in [-0.15, -0.1) is 0 Å². The van der Waals surface area contributed by atoms with Gasteiger partial charge in [-0.1, -0.05) is 47.5 Å². The Balaban J connectivity index is 2.11. The van der Waals surface area contributed by atoms with Gasteiger partial charge >= 0.3 is 11.1 Å². The van der Waals surface area contributed by atoms with E-state index in [1.54, 1.807) is 38.1 Å². The zero-order valence-electron chi connectivity index (χ0n) is 17.1. The van der Waals surface area contributed by atoms with E-state index in [2.05, 4.69) is 0 Å². The summed E-state index contributed by atoms with van der Waals surface area (Å²) >= 11 is 0. The number of nitrogens with zero attached hydrogens (tertiary/aromatic N) is 2. The molecule has 32 heavy (non-hydrogen) atoms. The summed E-state index contributed by atoms with van der Waals surface area (Å²) in [6, 6.07) is 17.0. The van der Waals surface area contributed by atoms with Crippen molar-refractivity contribution in [1.29, 1.82) is 0 Å². The lowest BCUT2D eigenvalue weighted by Crippen LogP contribution is -2.45. The molecule has 0 bridgehead atoms. The Hall–Kier alpha value is -3.50. The van der Waals surface area contributed by atoms with Crippen LogP contribution >= 0.6 is 0 Å². The van der Waals surface area contributed by atoms with Gasteiger partial charge in [-0.3, -0.25) is 9.59 Å². The number of hydrogen-bond donors (Lipinski definition) is 0. The van der Waals surface area contributed by atoms with Crippen molar-refractivity contribution >= 4 is 31.1 Å². The number of fused-ring (bicyclic) bond motifs is 1. The first-order chi connectivity index (χ1) is 15.0. The molecule has 0 N–H and O–H groups in total. The lowest BCUT2D eigenvalue weighted by molar-refractivity contribution is 0.580. The average molecular weight is 471 g/mol. The third-order valence-corrected chi connectivity index (χ3v) is 8.41. The van der Waals surface area contributed by atoms with Gasteiger partial charge < -0.3 is 0 Å². The van der Waals surface area contributed by atoms with Crippen molar-refractivity contribution in [3.63, 3.8) is 0 Å². The maximum atomic E-state index is 13.3. The smallest absolute Gasteiger partial charge is 0.262 e. The predicted octanol–water partition coefficient (Wildman–Crippen LogP) is 2.25. The van der Waals surface area contributed by atoms with Gasteiger partial charge in [0.15, 0.2) is 0 Å². The summed E-state index contributed by atoms with van der Waals surface area (Å²) in [5, 5.41) is 0. The first-order valence-electron chi connectivity index (χ1n) is 9.46. The van der Waals surface area contributed by atoms with Crippen molar-refractivity contribution < 1.29 is 16.8 Å². The summed E-state index contributed by atoms with van der Waals surface area (Å²) in [6.45, 7) is 3.55. The van der Waals surface area contributed by atoms with Crippen LogP contribution in [0.2, 0.25) is 0 Å². The number of aromatic nitrogens is 2. The van der Waals surface area contributed by atoms with Gasteiger partial charge in [0.2, 0.25) is 0 Å². The fraction of sp³-hybridized carbons (Fsp3) is 0.0909. The topological polar surface area (TPSA) is 112 Å². The van der Waals surface area contributed by atoms with Crippen molar-refractivity contribution in [3.05, 3.63) is 105 Å². The molecule has 0 spiro atoms. The molecule has 0 aliphatic heterocycles. The maximum Gasteiger partial charge on any atom is 0.332 e. The molecular weight excluding hydrogens is 452 g/mol. The molecule has 0 amide bonds. The van der Waals surface area contributed by atoms with Crippen LogP contribution in [0.1, 0.15) is 11.1 Å². The average Bonchev–Trinajstić information content (AvgIpc) is 2.75. The summed E-state index contributed by atoms with van der Waals surface area (Å²) in [5.74, 6) is 0. The second kappa shape index (κ2) is 7.57. The normalized spacial score (nSPS) is 12.2. The molecule has 0 saturated heterocycles. The SMILES string of the molecule is Cc1ccc(S(=O)(=O)n2c(=O)c(=O)n(S(=O)(=O)c3ccc(C)cc3)c3ccccc32)cc1. The molecule has 4 aromatic rings. The van der Waals surface area contributed by atoms with Gasteiger partial charge in [0.25, 0.3) is 20.0 Å². The Kier molecular flexibility index (Phi) is 5.14. The number of rotatable bonds is 4. The van der Waals surface area contributed by atoms with Crippen molar-refractivity contribution in [3.8, 4) is 0 Å². The van der Waals surface area contributed by atoms with E-state index in [1.807, 2.05) is 0 Å². The molecule has 4 rings (SSSR count). The van der Waals surface area contributed by atoms with Gasteiger partial charge in [0.05, 0.1) is 20.8 Å². The van der Waals surface area contributed by atoms with Crippen LogP contribution in [0.3, 0.4) is 0 Å². The van der Waals surface area contributed by atoms with Crippen LogP contribution in [0.25, 0.3) is 11.0 Å². The first-order valence-corrected chi connectivity index (χ1v) is 12.3. The van der Waals surface area contributed by atoms with E-state index in [0.29, 0.717) is 7.94 Å². The van der Waals surface area contributed by atoms with Gasteiger partial charge in [0, 0.05) is 0 Å². The fourth-order valence-electron chi connectivity index (χ4n) is 3.31. The molecule has 0 saturated carbocycles. The molecule has 1 aromatic heterocycles. The summed E-state index contributed by atoms with van der Waals surface area (Å²) in [4.78, 5) is 25.6. The van der Waals surface area contributed by atoms with Crippen molar-refractivity contribution in [2.24, 2.45) is 0 Å². The lowest BCUT2D eigenvalue weighted by Gasteiger charge is -2.15. The highest BCUT2D eigenvalue weighted by Crippen LogP contribution is 2.21. The molecular formula is C22H18N2O6S2. The molecule has 1 heterocycles. The molecule has 0 atom stereocenters. The minimum atomic E-state index is -4.47. The molecule has 10 heteroatoms. The second-order valence-corrected chi connectivity index (χ2v) is 10.8. The van der Waals surface area contributed by atoms with Crippen molar-refractivity contribution in [2.45, 2.75) is 23.6 Å². The number of aryl methyl sites for hydroxylation is 2. The first kappa shape index (κ1) is 21.7. The van der Waals surface area contributed by atoms with Gasteiger partial charge in [-0.05, 0) is 50.2 Å². The van der Waals surface area contributed by atoms with Gasteiger partial charge in [-0.25, -0.2) is 16.8 Å². The Morgan fingerprint density at radius 2 is 0.844 bits per heavy atom. The Labute approximate surface area is 184 Å². The van der Waals surface area contributed by atoms with Gasteiger partial charge in [0.1, 0.15) is 0 Å². The minimum absolute atomic E-state index is 0.200. The summed E-state index contributed by atoms with van der Waals surface area (Å²) in [7, 11) is -8.94. The summed E-state index contributed by atoms with van der Waals surface area (Å²) in [5.41, 5.74) is -1.82. The molecule has 0 aliphatic carbocycles. The zero-order valence-corrected chi connectivity index (χ0v) is 18.7. The Morgan fingerprint density at radius 3 is 1.16 bits per heavy atom. The quantitative estimate of drug-likeness (QED) is 0.423. The number of benzene rings is 3. The van der Waals surface area contributed by atoms with E-state index < -0.39 is 31.2 Å². The van der Waals surface area contributed by atoms with E-state index in [-0.39, 0.29) is 20.8 Å². The second-order valence-electron chi connectivity index (χ2n) is 7.26. The molecule has 0 fully saturated rings. The molecule has 0 aliphatic rings. The highest BCUT2D eigenvalue weighted by molar-refractivity contribution is 7.90. The number of para-hydroxylation sites is 2. The highest BCUT2D eigenvalue weighted by atomic mass is 32.2. The standard InChI is InChI=1S/C22H18N2O6S2/c1-15-7-11-17(12-8-15)31(27,28)23-19-5-3-4-6-20(19)24(22(26)21(23)25)32(29,30)18-13-9-16(2)10-14-18/h3-14H,1-2H3. The van der Waals surface area contributed by atoms with Crippen molar-refractivity contribution in [2.75, 3.05) is 0 Å². The van der Waals surface area contributed by atoms with E-state index in [4.69, 9.17) is 0 Å². The van der Waals surface area contributed by atoms with E-state index in [0.717, 1.165) is 11.1 Å². The Morgan fingerprint density at radius 1 is 0.531 bits per heavy atom. The predicted molar refractivity (Wildman–Crippen MR) is 120 cm³/mol. The molecule has 0 unspecified atom stereocenters. The third kappa shape index (κ3) is 3.37. The molecule has 0 radical (unpaired) electrons.